The summed E-state index contributed by atoms with van der Waals surface area (Å²) in [4.78, 5) is 13.7. The van der Waals surface area contributed by atoms with Crippen molar-refractivity contribution < 1.29 is 9.53 Å². The van der Waals surface area contributed by atoms with Crippen LogP contribution in [-0.2, 0) is 9.53 Å². The Kier molecular flexibility index (Phi) is 2.51. The third kappa shape index (κ3) is 1.56. The highest BCUT2D eigenvalue weighted by Crippen LogP contribution is 2.19. The van der Waals surface area contributed by atoms with E-state index in [4.69, 9.17) is 4.74 Å². The van der Waals surface area contributed by atoms with E-state index in [1.54, 1.807) is 0 Å². The maximum absolute atomic E-state index is 11.7. The van der Waals surface area contributed by atoms with Crippen LogP contribution in [0.2, 0.25) is 0 Å². The topological polar surface area (TPSA) is 41.6 Å². The fraction of sp³-hybridized carbons (Fsp3) is 0.889. The highest BCUT2D eigenvalue weighted by molar-refractivity contribution is 5.84. The van der Waals surface area contributed by atoms with E-state index in [-0.39, 0.29) is 11.9 Å². The van der Waals surface area contributed by atoms with Crippen LogP contribution in [0.4, 0.5) is 0 Å². The molecule has 74 valence electrons. The largest absolute Gasteiger partial charge is 0.379 e. The number of carbonyl (C=O) groups excluding carboxylic acids is 1. The lowest BCUT2D eigenvalue weighted by Crippen LogP contribution is -2.42. The number of ether oxygens (including phenoxy) is 1. The minimum Gasteiger partial charge on any atom is -0.379 e. The second-order valence-corrected chi connectivity index (χ2v) is 3.68. The number of amides is 1. The number of nitrogens with zero attached hydrogens (tertiary/aromatic N) is 1. The summed E-state index contributed by atoms with van der Waals surface area (Å²) in [6.45, 7) is 2.42. The molecule has 2 saturated heterocycles. The van der Waals surface area contributed by atoms with E-state index < -0.39 is 0 Å². The molecule has 2 atom stereocenters. The number of nitrogens with one attached hydrogen (secondary N) is 1. The molecular formula is C9H16N2O2. The molecule has 2 fully saturated rings. The quantitative estimate of drug-likeness (QED) is 0.634. The number of rotatable bonds is 2. The molecule has 0 spiro atoms. The Hall–Kier alpha value is -0.610. The molecule has 0 aromatic carbocycles. The highest BCUT2D eigenvalue weighted by atomic mass is 16.5. The van der Waals surface area contributed by atoms with Gasteiger partial charge in [-0.1, -0.05) is 0 Å². The molecule has 13 heavy (non-hydrogen) atoms. The molecule has 1 N–H and O–H groups in total. The molecule has 2 rings (SSSR count). The summed E-state index contributed by atoms with van der Waals surface area (Å²) < 4.78 is 5.27. The summed E-state index contributed by atoms with van der Waals surface area (Å²) >= 11 is 0. The minimum absolute atomic E-state index is 0.0422. The van der Waals surface area contributed by atoms with Gasteiger partial charge in [-0.05, 0) is 19.9 Å². The molecule has 0 radical (unpaired) electrons. The summed E-state index contributed by atoms with van der Waals surface area (Å²) in [6, 6.07) is 0.381. The highest BCUT2D eigenvalue weighted by Gasteiger charge is 2.36. The molecule has 0 aromatic rings. The van der Waals surface area contributed by atoms with E-state index in [0.29, 0.717) is 6.04 Å². The molecule has 4 heteroatoms. The van der Waals surface area contributed by atoms with Crippen molar-refractivity contribution in [3.05, 3.63) is 0 Å². The zero-order valence-electron chi connectivity index (χ0n) is 7.95. The lowest BCUT2D eigenvalue weighted by atomic mass is 10.2. The van der Waals surface area contributed by atoms with Gasteiger partial charge in [0, 0.05) is 13.2 Å². The van der Waals surface area contributed by atoms with Gasteiger partial charge in [-0.2, -0.15) is 0 Å². The molecule has 2 aliphatic rings. The average Bonchev–Trinajstić information content (AvgIpc) is 2.72. The van der Waals surface area contributed by atoms with Crippen molar-refractivity contribution in [1.82, 2.24) is 10.2 Å². The van der Waals surface area contributed by atoms with E-state index in [9.17, 15) is 4.79 Å². The van der Waals surface area contributed by atoms with E-state index in [2.05, 4.69) is 5.32 Å². The van der Waals surface area contributed by atoms with Crippen molar-refractivity contribution in [3.63, 3.8) is 0 Å². The van der Waals surface area contributed by atoms with Crippen LogP contribution in [0, 0.1) is 0 Å². The third-order valence-corrected chi connectivity index (χ3v) is 2.93. The van der Waals surface area contributed by atoms with Gasteiger partial charge < -0.3 is 15.0 Å². The van der Waals surface area contributed by atoms with Crippen LogP contribution in [0.5, 0.6) is 0 Å². The van der Waals surface area contributed by atoms with Crippen LogP contribution in [0.3, 0.4) is 0 Å². The van der Waals surface area contributed by atoms with Gasteiger partial charge in [-0.15, -0.1) is 0 Å². The third-order valence-electron chi connectivity index (χ3n) is 2.93. The Bertz CT molecular complexity index is 202. The Morgan fingerprint density at radius 1 is 1.54 bits per heavy atom. The molecule has 2 aliphatic heterocycles. The van der Waals surface area contributed by atoms with Crippen molar-refractivity contribution in [2.24, 2.45) is 0 Å². The number of carbonyl (C=O) groups is 1. The van der Waals surface area contributed by atoms with E-state index in [1.165, 1.54) is 0 Å². The summed E-state index contributed by atoms with van der Waals surface area (Å²) in [6.07, 6.45) is 1.94. The Morgan fingerprint density at radius 3 is 2.92 bits per heavy atom. The van der Waals surface area contributed by atoms with Crippen LogP contribution in [0.15, 0.2) is 0 Å². The van der Waals surface area contributed by atoms with Crippen molar-refractivity contribution in [2.45, 2.75) is 24.9 Å². The zero-order chi connectivity index (χ0) is 9.26. The summed E-state index contributed by atoms with van der Waals surface area (Å²) in [5.74, 6) is 0.248. The monoisotopic (exact) mass is 184 g/mol. The van der Waals surface area contributed by atoms with Gasteiger partial charge in [0.15, 0.2) is 0 Å². The normalized spacial score (nSPS) is 34.5. The SMILES string of the molecule is CNC1CCN(C2CCOC2)C1=O. The first kappa shape index (κ1) is 8.97. The van der Waals surface area contributed by atoms with Crippen molar-refractivity contribution in [1.29, 1.82) is 0 Å². The maximum Gasteiger partial charge on any atom is 0.240 e. The molecule has 0 bridgehead atoms. The Balaban J connectivity index is 1.97. The summed E-state index contributed by atoms with van der Waals surface area (Å²) in [5, 5.41) is 3.04. The van der Waals surface area contributed by atoms with Gasteiger partial charge >= 0.3 is 0 Å². The molecule has 0 aromatic heterocycles. The van der Waals surface area contributed by atoms with Gasteiger partial charge in [0.1, 0.15) is 0 Å². The second-order valence-electron chi connectivity index (χ2n) is 3.68. The van der Waals surface area contributed by atoms with Crippen molar-refractivity contribution in [3.8, 4) is 0 Å². The zero-order valence-corrected chi connectivity index (χ0v) is 7.95. The predicted octanol–water partition coefficient (Wildman–Crippen LogP) is -0.404. The molecular weight excluding hydrogens is 168 g/mol. The number of hydrogen-bond donors (Lipinski definition) is 1. The molecule has 1 amide bonds. The Morgan fingerprint density at radius 2 is 2.38 bits per heavy atom. The predicted molar refractivity (Wildman–Crippen MR) is 48.4 cm³/mol. The van der Waals surface area contributed by atoms with Gasteiger partial charge in [0.05, 0.1) is 18.7 Å². The van der Waals surface area contributed by atoms with Crippen molar-refractivity contribution >= 4 is 5.91 Å². The lowest BCUT2D eigenvalue weighted by molar-refractivity contribution is -0.131. The lowest BCUT2D eigenvalue weighted by Gasteiger charge is -2.22. The van der Waals surface area contributed by atoms with Crippen LogP contribution < -0.4 is 5.32 Å². The number of hydrogen-bond acceptors (Lipinski definition) is 3. The minimum atomic E-state index is 0.0422. The molecule has 2 heterocycles. The first-order valence-corrected chi connectivity index (χ1v) is 4.88. The summed E-state index contributed by atoms with van der Waals surface area (Å²) in [7, 11) is 1.84. The smallest absolute Gasteiger partial charge is 0.240 e. The molecule has 0 saturated carbocycles. The van der Waals surface area contributed by atoms with Gasteiger partial charge in [0.25, 0.3) is 0 Å². The fourth-order valence-corrected chi connectivity index (χ4v) is 2.10. The van der Waals surface area contributed by atoms with Crippen LogP contribution >= 0.6 is 0 Å². The summed E-state index contributed by atoms with van der Waals surface area (Å²) in [5.41, 5.74) is 0. The standard InChI is InChI=1S/C9H16N2O2/c1-10-8-2-4-11(9(8)12)7-3-5-13-6-7/h7-8,10H,2-6H2,1H3. The van der Waals surface area contributed by atoms with Gasteiger partial charge in [0.2, 0.25) is 5.91 Å². The van der Waals surface area contributed by atoms with E-state index in [1.807, 2.05) is 11.9 Å². The first-order chi connectivity index (χ1) is 6.33. The Labute approximate surface area is 78.2 Å². The van der Waals surface area contributed by atoms with Crippen LogP contribution in [-0.4, -0.2) is 49.7 Å². The molecule has 2 unspecified atom stereocenters. The molecule has 4 nitrogen and oxygen atoms in total. The van der Waals surface area contributed by atoms with Crippen LogP contribution in [0.25, 0.3) is 0 Å². The molecule has 0 aliphatic carbocycles. The van der Waals surface area contributed by atoms with Crippen LogP contribution in [0.1, 0.15) is 12.8 Å². The second kappa shape index (κ2) is 3.64. The van der Waals surface area contributed by atoms with E-state index >= 15 is 0 Å². The fourth-order valence-electron chi connectivity index (χ4n) is 2.10. The number of likely N-dealkylation sites (N-methyl/N-ethyl adjacent to an activating group) is 1. The first-order valence-electron chi connectivity index (χ1n) is 4.88. The average molecular weight is 184 g/mol. The van der Waals surface area contributed by atoms with Gasteiger partial charge in [-0.3, -0.25) is 4.79 Å². The maximum atomic E-state index is 11.7. The van der Waals surface area contributed by atoms with E-state index in [0.717, 1.165) is 32.6 Å². The van der Waals surface area contributed by atoms with Gasteiger partial charge in [-0.25, -0.2) is 0 Å². The van der Waals surface area contributed by atoms with Crippen molar-refractivity contribution in [2.75, 3.05) is 26.8 Å². The number of likely N-dealkylation sites (tertiary alicyclic amines) is 1.